The molecular weight excluding hydrogens is 418 g/mol. The second kappa shape index (κ2) is 8.61. The van der Waals surface area contributed by atoms with E-state index in [0.717, 1.165) is 69.6 Å². The Morgan fingerprint density at radius 2 is 2.06 bits per heavy atom. The van der Waals surface area contributed by atoms with E-state index in [-0.39, 0.29) is 5.92 Å². The number of nitriles is 1. The van der Waals surface area contributed by atoms with Gasteiger partial charge < -0.3 is 5.32 Å². The molecule has 0 saturated carbocycles. The van der Waals surface area contributed by atoms with Crippen molar-refractivity contribution in [3.8, 4) is 16.8 Å². The molecule has 0 aromatic carbocycles. The van der Waals surface area contributed by atoms with Crippen LogP contribution in [-0.2, 0) is 6.54 Å². The molecule has 5 heterocycles. The maximum absolute atomic E-state index is 9.15. The quantitative estimate of drug-likeness (QED) is 0.473. The number of anilines is 2. The van der Waals surface area contributed by atoms with Gasteiger partial charge in [0.15, 0.2) is 0 Å². The van der Waals surface area contributed by atoms with Crippen molar-refractivity contribution >= 4 is 33.2 Å². The van der Waals surface area contributed by atoms with Crippen molar-refractivity contribution in [2.45, 2.75) is 26.8 Å². The number of pyridine rings is 3. The third-order valence-corrected chi connectivity index (χ3v) is 6.79. The van der Waals surface area contributed by atoms with E-state index in [2.05, 4.69) is 39.2 Å². The van der Waals surface area contributed by atoms with E-state index >= 15 is 0 Å². The first-order valence-corrected chi connectivity index (χ1v) is 11.4. The van der Waals surface area contributed by atoms with Crippen LogP contribution >= 0.6 is 11.3 Å². The standard InChI is InChI=1S/C24H23N7S/c1-15-5-6-21(28-19(15)14-31-9-7-17(11-25)13-31)30-22-10-18-20(12-27-22)32-24(29-18)23-16(2)4-3-8-26-23/h3-6,8,10,12,17H,7,9,13-14H2,1-2H3,(H,27,28,30)/t17-/m0/s1. The van der Waals surface area contributed by atoms with E-state index in [0.29, 0.717) is 5.82 Å². The lowest BCUT2D eigenvalue weighted by Crippen LogP contribution is -2.21. The number of nitrogens with zero attached hydrogens (tertiary/aromatic N) is 6. The predicted octanol–water partition coefficient (Wildman–Crippen LogP) is 4.85. The molecule has 0 bridgehead atoms. The van der Waals surface area contributed by atoms with Gasteiger partial charge >= 0.3 is 0 Å². The highest BCUT2D eigenvalue weighted by Gasteiger charge is 2.23. The molecule has 8 heteroatoms. The minimum Gasteiger partial charge on any atom is -0.325 e. The summed E-state index contributed by atoms with van der Waals surface area (Å²) in [6.07, 6.45) is 4.58. The predicted molar refractivity (Wildman–Crippen MR) is 127 cm³/mol. The fourth-order valence-electron chi connectivity index (χ4n) is 3.94. The lowest BCUT2D eigenvalue weighted by atomic mass is 10.1. The summed E-state index contributed by atoms with van der Waals surface area (Å²) in [5, 5.41) is 13.4. The topological polar surface area (TPSA) is 90.6 Å². The molecule has 1 aliphatic rings. The zero-order valence-corrected chi connectivity index (χ0v) is 18.9. The molecule has 0 radical (unpaired) electrons. The third kappa shape index (κ3) is 4.17. The van der Waals surface area contributed by atoms with Gasteiger partial charge in [0.05, 0.1) is 27.9 Å². The van der Waals surface area contributed by atoms with Gasteiger partial charge in [-0.15, -0.1) is 11.3 Å². The van der Waals surface area contributed by atoms with Crippen LogP contribution in [0.1, 0.15) is 23.2 Å². The van der Waals surface area contributed by atoms with Crippen molar-refractivity contribution in [3.05, 3.63) is 59.5 Å². The van der Waals surface area contributed by atoms with Gasteiger partial charge in [0, 0.05) is 31.5 Å². The fourth-order valence-corrected chi connectivity index (χ4v) is 4.92. The molecule has 0 aliphatic carbocycles. The second-order valence-corrected chi connectivity index (χ2v) is 9.19. The number of aryl methyl sites for hydroxylation is 2. The first-order valence-electron chi connectivity index (χ1n) is 10.6. The number of likely N-dealkylation sites (tertiary alicyclic amines) is 1. The van der Waals surface area contributed by atoms with E-state index in [1.807, 2.05) is 37.4 Å². The Morgan fingerprint density at radius 1 is 1.16 bits per heavy atom. The molecule has 1 atom stereocenters. The van der Waals surface area contributed by atoms with Crippen LogP contribution < -0.4 is 5.32 Å². The van der Waals surface area contributed by atoms with Crippen LogP contribution in [0, 0.1) is 31.1 Å². The van der Waals surface area contributed by atoms with Crippen LogP contribution in [0.4, 0.5) is 11.6 Å². The van der Waals surface area contributed by atoms with Crippen LogP contribution in [-0.4, -0.2) is 37.9 Å². The van der Waals surface area contributed by atoms with Crippen LogP contribution in [0.25, 0.3) is 20.9 Å². The summed E-state index contributed by atoms with van der Waals surface area (Å²) in [6, 6.07) is 12.4. The Hall–Kier alpha value is -3.41. The first-order chi connectivity index (χ1) is 15.6. The molecular formula is C24H23N7S. The van der Waals surface area contributed by atoms with Gasteiger partial charge in [-0.25, -0.2) is 15.0 Å². The maximum Gasteiger partial charge on any atom is 0.143 e. The number of aromatic nitrogens is 4. The van der Waals surface area contributed by atoms with Gasteiger partial charge in [-0.3, -0.25) is 9.88 Å². The zero-order chi connectivity index (χ0) is 22.1. The molecule has 4 aromatic rings. The number of thiazole rings is 1. The zero-order valence-electron chi connectivity index (χ0n) is 18.0. The van der Waals surface area contributed by atoms with Gasteiger partial charge in [0.1, 0.15) is 22.3 Å². The molecule has 1 aliphatic heterocycles. The summed E-state index contributed by atoms with van der Waals surface area (Å²) in [7, 11) is 0. The molecule has 1 N–H and O–H groups in total. The second-order valence-electron chi connectivity index (χ2n) is 8.16. The highest BCUT2D eigenvalue weighted by molar-refractivity contribution is 7.21. The molecule has 5 rings (SSSR count). The first kappa shape index (κ1) is 20.5. The summed E-state index contributed by atoms with van der Waals surface area (Å²) < 4.78 is 1.02. The maximum atomic E-state index is 9.15. The van der Waals surface area contributed by atoms with Crippen LogP contribution in [0.5, 0.6) is 0 Å². The number of hydrogen-bond donors (Lipinski definition) is 1. The Kier molecular flexibility index (Phi) is 5.52. The van der Waals surface area contributed by atoms with Crippen molar-refractivity contribution in [2.24, 2.45) is 5.92 Å². The molecule has 1 fully saturated rings. The molecule has 0 unspecified atom stereocenters. The number of rotatable bonds is 5. The summed E-state index contributed by atoms with van der Waals surface area (Å²) in [5.41, 5.74) is 5.08. The number of nitrogens with one attached hydrogen (secondary N) is 1. The fraction of sp³-hybridized carbons (Fsp3) is 0.292. The molecule has 7 nitrogen and oxygen atoms in total. The molecule has 0 amide bonds. The lowest BCUT2D eigenvalue weighted by Gasteiger charge is -2.16. The van der Waals surface area contributed by atoms with Crippen molar-refractivity contribution in [3.63, 3.8) is 0 Å². The monoisotopic (exact) mass is 441 g/mol. The van der Waals surface area contributed by atoms with Crippen molar-refractivity contribution in [1.29, 1.82) is 5.26 Å². The Labute approximate surface area is 190 Å². The van der Waals surface area contributed by atoms with Crippen molar-refractivity contribution < 1.29 is 0 Å². The van der Waals surface area contributed by atoms with Gasteiger partial charge in [-0.05, 0) is 50.1 Å². The van der Waals surface area contributed by atoms with Crippen molar-refractivity contribution in [2.75, 3.05) is 18.4 Å². The molecule has 160 valence electrons. The summed E-state index contributed by atoms with van der Waals surface area (Å²) in [5.74, 6) is 1.59. The molecule has 0 spiro atoms. The third-order valence-electron chi connectivity index (χ3n) is 5.77. The van der Waals surface area contributed by atoms with E-state index in [9.17, 15) is 0 Å². The van der Waals surface area contributed by atoms with E-state index in [1.54, 1.807) is 17.5 Å². The van der Waals surface area contributed by atoms with Gasteiger partial charge in [0.25, 0.3) is 0 Å². The Balaban J connectivity index is 1.36. The SMILES string of the molecule is Cc1ccc(Nc2cc3nc(-c4ncccc4C)sc3cn2)nc1CN1CC[C@@H](C#N)C1. The highest BCUT2D eigenvalue weighted by atomic mass is 32.1. The smallest absolute Gasteiger partial charge is 0.143 e. The average molecular weight is 442 g/mol. The van der Waals surface area contributed by atoms with E-state index < -0.39 is 0 Å². The minimum atomic E-state index is 0.130. The normalized spacial score (nSPS) is 16.3. The summed E-state index contributed by atoms with van der Waals surface area (Å²) in [4.78, 5) is 21.0. The number of fused-ring (bicyclic) bond motifs is 1. The Bertz CT molecular complexity index is 1320. The largest absolute Gasteiger partial charge is 0.325 e. The van der Waals surface area contributed by atoms with Crippen LogP contribution in [0.15, 0.2) is 42.7 Å². The van der Waals surface area contributed by atoms with Crippen LogP contribution in [0.2, 0.25) is 0 Å². The highest BCUT2D eigenvalue weighted by Crippen LogP contribution is 2.31. The van der Waals surface area contributed by atoms with Crippen molar-refractivity contribution in [1.82, 2.24) is 24.8 Å². The summed E-state index contributed by atoms with van der Waals surface area (Å²) in [6.45, 7) is 6.63. The molecule has 32 heavy (non-hydrogen) atoms. The lowest BCUT2D eigenvalue weighted by molar-refractivity contribution is 0.320. The minimum absolute atomic E-state index is 0.130. The van der Waals surface area contributed by atoms with Crippen LogP contribution in [0.3, 0.4) is 0 Å². The van der Waals surface area contributed by atoms with E-state index in [4.69, 9.17) is 15.2 Å². The molecule has 4 aromatic heterocycles. The van der Waals surface area contributed by atoms with Gasteiger partial charge in [-0.1, -0.05) is 12.1 Å². The number of hydrogen-bond acceptors (Lipinski definition) is 8. The van der Waals surface area contributed by atoms with E-state index in [1.165, 1.54) is 0 Å². The summed E-state index contributed by atoms with van der Waals surface area (Å²) >= 11 is 1.60. The van der Waals surface area contributed by atoms with Gasteiger partial charge in [0.2, 0.25) is 0 Å². The average Bonchev–Trinajstić information content (AvgIpc) is 3.42. The Morgan fingerprint density at radius 3 is 2.88 bits per heavy atom. The van der Waals surface area contributed by atoms with Gasteiger partial charge in [-0.2, -0.15) is 5.26 Å². The molecule has 1 saturated heterocycles.